The topological polar surface area (TPSA) is 55.4 Å². The minimum atomic E-state index is -3.57. The van der Waals surface area contributed by atoms with E-state index in [1.165, 1.54) is 20.0 Å². The third-order valence-corrected chi connectivity index (χ3v) is 6.38. The zero-order chi connectivity index (χ0) is 15.5. The number of methoxy groups -OCH3 is 1. The second-order valence-electron chi connectivity index (χ2n) is 5.68. The van der Waals surface area contributed by atoms with E-state index in [4.69, 9.17) is 4.74 Å². The predicted molar refractivity (Wildman–Crippen MR) is 87.1 cm³/mol. The van der Waals surface area contributed by atoms with E-state index >= 15 is 0 Å². The van der Waals surface area contributed by atoms with Crippen molar-refractivity contribution in [2.45, 2.75) is 43.9 Å². The molecule has 0 atom stereocenters. The molecular weight excluding hydrogens is 354 g/mol. The highest BCUT2D eigenvalue weighted by molar-refractivity contribution is 9.10. The summed E-state index contributed by atoms with van der Waals surface area (Å²) in [4.78, 5) is 0.184. The largest absolute Gasteiger partial charge is 0.495 e. The van der Waals surface area contributed by atoms with Crippen molar-refractivity contribution < 1.29 is 13.2 Å². The average Bonchev–Trinajstić information content (AvgIpc) is 2.95. The van der Waals surface area contributed by atoms with Gasteiger partial charge in [-0.1, -0.05) is 35.7 Å². The molecule has 1 aromatic carbocycles. The zero-order valence-corrected chi connectivity index (χ0v) is 14.9. The second kappa shape index (κ2) is 6.67. The van der Waals surface area contributed by atoms with Crippen LogP contribution in [0.3, 0.4) is 0 Å². The molecule has 1 aromatic rings. The van der Waals surface area contributed by atoms with Crippen LogP contribution in [0.4, 0.5) is 0 Å². The van der Waals surface area contributed by atoms with Gasteiger partial charge in [-0.25, -0.2) is 13.1 Å². The van der Waals surface area contributed by atoms with Gasteiger partial charge >= 0.3 is 0 Å². The van der Waals surface area contributed by atoms with Crippen LogP contribution in [-0.2, 0) is 10.0 Å². The van der Waals surface area contributed by atoms with Gasteiger partial charge in [-0.2, -0.15) is 0 Å². The van der Waals surface area contributed by atoms with E-state index in [0.717, 1.165) is 23.7 Å². The molecule has 0 saturated heterocycles. The van der Waals surface area contributed by atoms with Crippen LogP contribution in [0.25, 0.3) is 0 Å². The summed E-state index contributed by atoms with van der Waals surface area (Å²) in [7, 11) is -2.09. The molecular formula is C15H22BrNO3S. The highest BCUT2D eigenvalue weighted by Gasteiger charge is 2.33. The van der Waals surface area contributed by atoms with Gasteiger partial charge < -0.3 is 4.74 Å². The summed E-state index contributed by atoms with van der Waals surface area (Å²) >= 11 is 3.31. The van der Waals surface area contributed by atoms with E-state index in [1.54, 1.807) is 18.2 Å². The molecule has 1 N–H and O–H groups in total. The van der Waals surface area contributed by atoms with Gasteiger partial charge in [0.05, 0.1) is 7.11 Å². The Labute approximate surface area is 135 Å². The quantitative estimate of drug-likeness (QED) is 0.824. The lowest BCUT2D eigenvalue weighted by molar-refractivity contribution is 0.285. The fraction of sp³-hybridized carbons (Fsp3) is 0.600. The van der Waals surface area contributed by atoms with Crippen molar-refractivity contribution >= 4 is 26.0 Å². The first kappa shape index (κ1) is 16.8. The molecule has 0 bridgehead atoms. The Bertz CT molecular complexity index is 595. The Hall–Kier alpha value is -0.590. The predicted octanol–water partition coefficient (Wildman–Crippen LogP) is 3.71. The number of hydrogen-bond donors (Lipinski definition) is 1. The summed E-state index contributed by atoms with van der Waals surface area (Å²) in [6, 6.07) is 5.00. The van der Waals surface area contributed by atoms with Gasteiger partial charge in [0.25, 0.3) is 0 Å². The van der Waals surface area contributed by atoms with Crippen molar-refractivity contribution in [1.29, 1.82) is 0 Å². The summed E-state index contributed by atoms with van der Waals surface area (Å²) in [5.74, 6) is 0.364. The number of halogens is 1. The summed E-state index contributed by atoms with van der Waals surface area (Å²) in [5.41, 5.74) is 0.117. The third kappa shape index (κ3) is 3.79. The monoisotopic (exact) mass is 375 g/mol. The molecule has 21 heavy (non-hydrogen) atoms. The molecule has 1 saturated carbocycles. The fourth-order valence-electron chi connectivity index (χ4n) is 2.97. The fourth-order valence-corrected chi connectivity index (χ4v) is 4.83. The molecule has 0 amide bonds. The van der Waals surface area contributed by atoms with Gasteiger partial charge in [0.1, 0.15) is 10.6 Å². The maximum absolute atomic E-state index is 12.6. The molecule has 0 unspecified atom stereocenters. The molecule has 0 heterocycles. The number of sulfonamides is 1. The van der Waals surface area contributed by atoms with Crippen molar-refractivity contribution in [2.75, 3.05) is 13.7 Å². The standard InChI is InChI=1S/C15H22BrNO3S/c1-3-15(8-4-5-9-15)11-17-21(18,19)14-10-12(16)6-7-13(14)20-2/h6-7,10,17H,3-5,8-9,11H2,1-2H3. The molecule has 2 rings (SSSR count). The summed E-state index contributed by atoms with van der Waals surface area (Å²) in [5, 5.41) is 0. The lowest BCUT2D eigenvalue weighted by atomic mass is 9.84. The van der Waals surface area contributed by atoms with E-state index < -0.39 is 10.0 Å². The van der Waals surface area contributed by atoms with Crippen LogP contribution >= 0.6 is 15.9 Å². The Morgan fingerprint density at radius 1 is 1.33 bits per heavy atom. The zero-order valence-electron chi connectivity index (χ0n) is 12.5. The molecule has 4 nitrogen and oxygen atoms in total. The van der Waals surface area contributed by atoms with E-state index in [0.29, 0.717) is 12.3 Å². The lowest BCUT2D eigenvalue weighted by Crippen LogP contribution is -2.35. The van der Waals surface area contributed by atoms with Crippen molar-refractivity contribution in [3.8, 4) is 5.75 Å². The molecule has 0 aliphatic heterocycles. The van der Waals surface area contributed by atoms with Crippen LogP contribution in [0.15, 0.2) is 27.6 Å². The Kier molecular flexibility index (Phi) is 5.33. The maximum Gasteiger partial charge on any atom is 0.244 e. The van der Waals surface area contributed by atoms with E-state index in [-0.39, 0.29) is 10.3 Å². The van der Waals surface area contributed by atoms with Crippen molar-refractivity contribution in [1.82, 2.24) is 4.72 Å². The van der Waals surface area contributed by atoms with Crippen molar-refractivity contribution in [3.63, 3.8) is 0 Å². The van der Waals surface area contributed by atoms with E-state index in [9.17, 15) is 8.42 Å². The first-order valence-corrected chi connectivity index (χ1v) is 9.53. The van der Waals surface area contributed by atoms with Crippen LogP contribution in [0.5, 0.6) is 5.75 Å². The molecule has 1 fully saturated rings. The summed E-state index contributed by atoms with van der Waals surface area (Å²) in [6.45, 7) is 2.64. The van der Waals surface area contributed by atoms with Gasteiger partial charge in [-0.15, -0.1) is 0 Å². The van der Waals surface area contributed by atoms with Gasteiger partial charge in [-0.05, 0) is 42.9 Å². The normalized spacial score (nSPS) is 17.9. The van der Waals surface area contributed by atoms with Crippen LogP contribution < -0.4 is 9.46 Å². The van der Waals surface area contributed by atoms with E-state index in [2.05, 4.69) is 27.6 Å². The SMILES string of the molecule is CCC1(CNS(=O)(=O)c2cc(Br)ccc2OC)CCCC1. The number of rotatable bonds is 6. The number of nitrogens with one attached hydrogen (secondary N) is 1. The molecule has 0 aromatic heterocycles. The highest BCUT2D eigenvalue weighted by Crippen LogP contribution is 2.40. The molecule has 1 aliphatic rings. The minimum Gasteiger partial charge on any atom is -0.495 e. The molecule has 118 valence electrons. The van der Waals surface area contributed by atoms with Crippen LogP contribution in [-0.4, -0.2) is 22.1 Å². The second-order valence-corrected chi connectivity index (χ2v) is 8.33. The van der Waals surface area contributed by atoms with E-state index in [1.807, 2.05) is 0 Å². The Balaban J connectivity index is 2.20. The lowest BCUT2D eigenvalue weighted by Gasteiger charge is -2.27. The maximum atomic E-state index is 12.6. The number of benzene rings is 1. The van der Waals surface area contributed by atoms with Gasteiger partial charge in [0, 0.05) is 11.0 Å². The van der Waals surface area contributed by atoms with Gasteiger partial charge in [0.15, 0.2) is 0 Å². The van der Waals surface area contributed by atoms with Gasteiger partial charge in [0.2, 0.25) is 10.0 Å². The third-order valence-electron chi connectivity index (χ3n) is 4.47. The summed E-state index contributed by atoms with van der Waals surface area (Å²) in [6.07, 6.45) is 5.58. The number of ether oxygens (including phenoxy) is 1. The molecule has 0 radical (unpaired) electrons. The number of hydrogen-bond acceptors (Lipinski definition) is 3. The first-order valence-electron chi connectivity index (χ1n) is 7.26. The average molecular weight is 376 g/mol. The minimum absolute atomic E-state index is 0.117. The molecule has 6 heteroatoms. The Morgan fingerprint density at radius 2 is 2.00 bits per heavy atom. The van der Waals surface area contributed by atoms with Crippen LogP contribution in [0, 0.1) is 5.41 Å². The molecule has 0 spiro atoms. The first-order chi connectivity index (χ1) is 9.92. The summed E-state index contributed by atoms with van der Waals surface area (Å²) < 4.78 is 33.8. The Morgan fingerprint density at radius 3 is 2.57 bits per heavy atom. The smallest absolute Gasteiger partial charge is 0.244 e. The van der Waals surface area contributed by atoms with Crippen molar-refractivity contribution in [3.05, 3.63) is 22.7 Å². The molecule has 1 aliphatic carbocycles. The highest BCUT2D eigenvalue weighted by atomic mass is 79.9. The van der Waals surface area contributed by atoms with Crippen LogP contribution in [0.1, 0.15) is 39.0 Å². The van der Waals surface area contributed by atoms with Crippen molar-refractivity contribution in [2.24, 2.45) is 5.41 Å². The van der Waals surface area contributed by atoms with Gasteiger partial charge in [-0.3, -0.25) is 0 Å². The van der Waals surface area contributed by atoms with Crippen LogP contribution in [0.2, 0.25) is 0 Å².